The number of aromatic nitrogens is 2. The van der Waals surface area contributed by atoms with Gasteiger partial charge in [0.2, 0.25) is 0 Å². The third kappa shape index (κ3) is 1.37. The highest BCUT2D eigenvalue weighted by Crippen LogP contribution is 2.40. The number of anilines is 1. The van der Waals surface area contributed by atoms with E-state index < -0.39 is 0 Å². The molecule has 0 aromatic carbocycles. The second-order valence-electron chi connectivity index (χ2n) is 3.72. The summed E-state index contributed by atoms with van der Waals surface area (Å²) in [6, 6.07) is 0. The minimum atomic E-state index is 0.546. The van der Waals surface area contributed by atoms with Gasteiger partial charge in [0, 0.05) is 5.92 Å². The van der Waals surface area contributed by atoms with E-state index in [1.165, 1.54) is 12.8 Å². The number of nitrogen functional groups attached to an aromatic ring is 1. The van der Waals surface area contributed by atoms with E-state index in [1.807, 2.05) is 4.57 Å². The number of aryl methyl sites for hydroxylation is 1. The average molecular weight is 189 g/mol. The number of nitrogens with two attached hydrogens (primary N) is 1. The summed E-state index contributed by atoms with van der Waals surface area (Å²) in [6.07, 6.45) is 8.65. The van der Waals surface area contributed by atoms with Crippen LogP contribution in [-0.2, 0) is 13.0 Å². The molecule has 0 spiro atoms. The van der Waals surface area contributed by atoms with Gasteiger partial charge in [0.1, 0.15) is 11.6 Å². The number of terminal acetylenes is 1. The molecule has 0 saturated heterocycles. The first-order chi connectivity index (χ1) is 6.77. The summed E-state index contributed by atoms with van der Waals surface area (Å²) in [6.45, 7) is 2.61. The molecule has 1 fully saturated rings. The quantitative estimate of drug-likeness (QED) is 0.733. The Morgan fingerprint density at radius 3 is 2.86 bits per heavy atom. The fourth-order valence-electron chi connectivity index (χ4n) is 1.71. The molecule has 0 bridgehead atoms. The molecule has 1 aromatic rings. The lowest BCUT2D eigenvalue weighted by Gasteiger charge is -2.04. The minimum Gasteiger partial charge on any atom is -0.384 e. The summed E-state index contributed by atoms with van der Waals surface area (Å²) < 4.78 is 1.98. The highest BCUT2D eigenvalue weighted by Gasteiger charge is 2.30. The van der Waals surface area contributed by atoms with Crippen LogP contribution in [0.15, 0.2) is 0 Å². The number of hydrogen-bond acceptors (Lipinski definition) is 2. The summed E-state index contributed by atoms with van der Waals surface area (Å²) in [5.74, 6) is 5.08. The molecule has 3 nitrogen and oxygen atoms in total. The maximum Gasteiger partial charge on any atom is 0.127 e. The van der Waals surface area contributed by atoms with Crippen molar-refractivity contribution in [3.05, 3.63) is 11.5 Å². The Kier molecular flexibility index (Phi) is 2.20. The lowest BCUT2D eigenvalue weighted by molar-refractivity contribution is 0.762. The molecule has 1 saturated carbocycles. The Morgan fingerprint density at radius 2 is 2.36 bits per heavy atom. The predicted molar refractivity (Wildman–Crippen MR) is 56.8 cm³/mol. The van der Waals surface area contributed by atoms with Gasteiger partial charge in [-0.25, -0.2) is 4.98 Å². The summed E-state index contributed by atoms with van der Waals surface area (Å²) in [7, 11) is 0. The number of rotatable bonds is 3. The standard InChI is InChI=1S/C11H15N3/c1-3-7-14-10(12)9(4-2)13-11(14)8-5-6-8/h1,8H,4-7,12H2,2H3. The number of imidazole rings is 1. The second kappa shape index (κ2) is 3.38. The highest BCUT2D eigenvalue weighted by molar-refractivity contribution is 5.40. The van der Waals surface area contributed by atoms with Crippen LogP contribution in [-0.4, -0.2) is 9.55 Å². The molecule has 1 aromatic heterocycles. The van der Waals surface area contributed by atoms with E-state index in [-0.39, 0.29) is 0 Å². The molecule has 1 aliphatic carbocycles. The topological polar surface area (TPSA) is 43.8 Å². The van der Waals surface area contributed by atoms with Crippen molar-refractivity contribution in [3.63, 3.8) is 0 Å². The Labute approximate surface area is 84.3 Å². The van der Waals surface area contributed by atoms with E-state index in [0.717, 1.165) is 23.8 Å². The van der Waals surface area contributed by atoms with Gasteiger partial charge in [0.15, 0.2) is 0 Å². The van der Waals surface area contributed by atoms with Crippen LogP contribution in [0.1, 0.15) is 37.2 Å². The Morgan fingerprint density at radius 1 is 1.64 bits per heavy atom. The molecule has 2 rings (SSSR count). The van der Waals surface area contributed by atoms with Gasteiger partial charge in [0.25, 0.3) is 0 Å². The van der Waals surface area contributed by atoms with Crippen molar-refractivity contribution in [3.8, 4) is 12.3 Å². The van der Waals surface area contributed by atoms with Gasteiger partial charge in [-0.15, -0.1) is 6.42 Å². The first kappa shape index (κ1) is 9.14. The zero-order chi connectivity index (χ0) is 10.1. The van der Waals surface area contributed by atoms with Crippen LogP contribution >= 0.6 is 0 Å². The van der Waals surface area contributed by atoms with Gasteiger partial charge < -0.3 is 10.3 Å². The lowest BCUT2D eigenvalue weighted by Crippen LogP contribution is -2.05. The van der Waals surface area contributed by atoms with Crippen LogP contribution in [0.2, 0.25) is 0 Å². The van der Waals surface area contributed by atoms with Crippen molar-refractivity contribution < 1.29 is 0 Å². The molecule has 0 atom stereocenters. The number of hydrogen-bond donors (Lipinski definition) is 1. The molecule has 1 aliphatic rings. The maximum atomic E-state index is 5.97. The Bertz CT molecular complexity index is 380. The SMILES string of the molecule is C#CCn1c(C2CC2)nc(CC)c1N. The van der Waals surface area contributed by atoms with E-state index >= 15 is 0 Å². The van der Waals surface area contributed by atoms with Crippen LogP contribution in [0.4, 0.5) is 5.82 Å². The molecule has 0 amide bonds. The summed E-state index contributed by atoms with van der Waals surface area (Å²) in [5.41, 5.74) is 6.96. The monoisotopic (exact) mass is 189 g/mol. The van der Waals surface area contributed by atoms with Gasteiger partial charge >= 0.3 is 0 Å². The van der Waals surface area contributed by atoms with Crippen molar-refractivity contribution in [2.45, 2.75) is 38.6 Å². The minimum absolute atomic E-state index is 0.546. The summed E-state index contributed by atoms with van der Waals surface area (Å²) in [5, 5.41) is 0. The second-order valence-corrected chi connectivity index (χ2v) is 3.72. The first-order valence-corrected chi connectivity index (χ1v) is 5.06. The van der Waals surface area contributed by atoms with Crippen molar-refractivity contribution in [1.82, 2.24) is 9.55 Å². The zero-order valence-corrected chi connectivity index (χ0v) is 8.45. The third-order valence-corrected chi connectivity index (χ3v) is 2.64. The molecule has 3 heteroatoms. The molecular weight excluding hydrogens is 174 g/mol. The van der Waals surface area contributed by atoms with E-state index in [1.54, 1.807) is 0 Å². The Hall–Kier alpha value is -1.43. The van der Waals surface area contributed by atoms with Gasteiger partial charge in [-0.2, -0.15) is 0 Å². The molecule has 0 radical (unpaired) electrons. The van der Waals surface area contributed by atoms with E-state index in [4.69, 9.17) is 12.2 Å². The zero-order valence-electron chi connectivity index (χ0n) is 8.45. The first-order valence-electron chi connectivity index (χ1n) is 5.06. The number of nitrogens with zero attached hydrogens (tertiary/aromatic N) is 2. The van der Waals surface area contributed by atoms with Crippen LogP contribution in [0.5, 0.6) is 0 Å². The molecular formula is C11H15N3. The van der Waals surface area contributed by atoms with Crippen molar-refractivity contribution >= 4 is 5.82 Å². The van der Waals surface area contributed by atoms with E-state index in [9.17, 15) is 0 Å². The normalized spacial score (nSPS) is 15.4. The largest absolute Gasteiger partial charge is 0.384 e. The molecule has 0 aliphatic heterocycles. The van der Waals surface area contributed by atoms with Crippen molar-refractivity contribution in [2.24, 2.45) is 0 Å². The maximum absolute atomic E-state index is 5.97. The van der Waals surface area contributed by atoms with E-state index in [0.29, 0.717) is 12.5 Å². The smallest absolute Gasteiger partial charge is 0.127 e. The van der Waals surface area contributed by atoms with Gasteiger partial charge in [0.05, 0.1) is 12.2 Å². The third-order valence-electron chi connectivity index (χ3n) is 2.64. The van der Waals surface area contributed by atoms with Crippen LogP contribution in [0, 0.1) is 12.3 Å². The van der Waals surface area contributed by atoms with Crippen LogP contribution in [0.25, 0.3) is 0 Å². The van der Waals surface area contributed by atoms with Crippen LogP contribution in [0.3, 0.4) is 0 Å². The van der Waals surface area contributed by atoms with Crippen molar-refractivity contribution in [1.29, 1.82) is 0 Å². The van der Waals surface area contributed by atoms with Gasteiger partial charge in [-0.3, -0.25) is 0 Å². The fourth-order valence-corrected chi connectivity index (χ4v) is 1.71. The highest BCUT2D eigenvalue weighted by atomic mass is 15.1. The molecule has 1 heterocycles. The lowest BCUT2D eigenvalue weighted by atomic mass is 10.3. The van der Waals surface area contributed by atoms with Gasteiger partial charge in [-0.1, -0.05) is 12.8 Å². The Balaban J connectivity index is 2.41. The average Bonchev–Trinajstić information content (AvgIpc) is 2.96. The predicted octanol–water partition coefficient (Wildman–Crippen LogP) is 1.54. The van der Waals surface area contributed by atoms with E-state index in [2.05, 4.69) is 17.8 Å². The van der Waals surface area contributed by atoms with Gasteiger partial charge in [-0.05, 0) is 19.3 Å². The molecule has 0 unspecified atom stereocenters. The molecule has 14 heavy (non-hydrogen) atoms. The van der Waals surface area contributed by atoms with Crippen molar-refractivity contribution in [2.75, 3.05) is 5.73 Å². The van der Waals surface area contributed by atoms with Crippen LogP contribution < -0.4 is 5.73 Å². The summed E-state index contributed by atoms with van der Waals surface area (Å²) in [4.78, 5) is 4.55. The molecule has 74 valence electrons. The molecule has 2 N–H and O–H groups in total. The summed E-state index contributed by atoms with van der Waals surface area (Å²) >= 11 is 0. The fraction of sp³-hybridized carbons (Fsp3) is 0.545.